The first-order chi connectivity index (χ1) is 9.22. The van der Waals surface area contributed by atoms with E-state index >= 15 is 0 Å². The lowest BCUT2D eigenvalue weighted by Crippen LogP contribution is -2.23. The van der Waals surface area contributed by atoms with Crippen LogP contribution in [0.1, 0.15) is 31.1 Å². The third-order valence-electron chi connectivity index (χ3n) is 3.01. The zero-order valence-corrected chi connectivity index (χ0v) is 12.9. The molecule has 2 rings (SSSR count). The van der Waals surface area contributed by atoms with Crippen molar-refractivity contribution in [2.24, 2.45) is 0 Å². The average Bonchev–Trinajstić information content (AvgIpc) is 2.87. The van der Waals surface area contributed by atoms with Crippen LogP contribution in [0.2, 0.25) is 0 Å². The minimum Gasteiger partial charge on any atom is -0.309 e. The first-order valence-electron chi connectivity index (χ1n) is 6.59. The fourth-order valence-corrected chi connectivity index (χ4v) is 2.28. The van der Waals surface area contributed by atoms with Crippen LogP contribution in [-0.4, -0.2) is 21.3 Å². The molecule has 0 amide bonds. The fraction of sp³-hybridized carbons (Fsp3) is 0.429. The minimum absolute atomic E-state index is 0.229. The lowest BCUT2D eigenvalue weighted by atomic mass is 10.1. The van der Waals surface area contributed by atoms with Crippen molar-refractivity contribution >= 4 is 15.9 Å². The van der Waals surface area contributed by atoms with Gasteiger partial charge >= 0.3 is 0 Å². The molecule has 2 aromatic heterocycles. The van der Waals surface area contributed by atoms with Gasteiger partial charge in [0.05, 0.1) is 17.9 Å². The molecule has 0 saturated carbocycles. The predicted molar refractivity (Wildman–Crippen MR) is 80.0 cm³/mol. The number of likely N-dealkylation sites (N-methyl/N-ethyl adjacent to an activating group) is 1. The van der Waals surface area contributed by atoms with Crippen molar-refractivity contribution in [1.29, 1.82) is 0 Å². The molecule has 19 heavy (non-hydrogen) atoms. The Labute approximate surface area is 122 Å². The van der Waals surface area contributed by atoms with Crippen molar-refractivity contribution < 1.29 is 0 Å². The second-order valence-corrected chi connectivity index (χ2v) is 5.34. The highest BCUT2D eigenvalue weighted by atomic mass is 79.9. The van der Waals surface area contributed by atoms with Gasteiger partial charge in [0.25, 0.3) is 0 Å². The van der Waals surface area contributed by atoms with Crippen molar-refractivity contribution in [3.05, 3.63) is 46.5 Å². The summed E-state index contributed by atoms with van der Waals surface area (Å²) in [5, 5.41) is 7.80. The topological polar surface area (TPSA) is 42.7 Å². The largest absolute Gasteiger partial charge is 0.309 e. The zero-order chi connectivity index (χ0) is 13.7. The van der Waals surface area contributed by atoms with Crippen LogP contribution in [-0.2, 0) is 13.0 Å². The Balaban J connectivity index is 2.13. The third-order valence-corrected chi connectivity index (χ3v) is 3.48. The molecule has 0 radical (unpaired) electrons. The van der Waals surface area contributed by atoms with E-state index in [0.717, 1.165) is 29.7 Å². The van der Waals surface area contributed by atoms with Crippen molar-refractivity contribution in [3.8, 4) is 0 Å². The predicted octanol–water partition coefficient (Wildman–Crippen LogP) is 2.95. The summed E-state index contributed by atoms with van der Waals surface area (Å²) in [7, 11) is 0. The van der Waals surface area contributed by atoms with Crippen LogP contribution >= 0.6 is 15.9 Å². The van der Waals surface area contributed by atoms with E-state index in [1.807, 2.05) is 23.1 Å². The van der Waals surface area contributed by atoms with Crippen LogP contribution in [0, 0.1) is 0 Å². The number of rotatable bonds is 6. The van der Waals surface area contributed by atoms with Crippen molar-refractivity contribution in [1.82, 2.24) is 20.1 Å². The van der Waals surface area contributed by atoms with Crippen molar-refractivity contribution in [2.45, 2.75) is 32.9 Å². The molecule has 0 aliphatic rings. The van der Waals surface area contributed by atoms with E-state index in [9.17, 15) is 0 Å². The molecule has 5 heteroatoms. The van der Waals surface area contributed by atoms with Crippen LogP contribution in [0.25, 0.3) is 0 Å². The van der Waals surface area contributed by atoms with Gasteiger partial charge in [0.2, 0.25) is 0 Å². The second-order valence-electron chi connectivity index (χ2n) is 4.42. The van der Waals surface area contributed by atoms with E-state index in [1.165, 1.54) is 5.56 Å². The summed E-state index contributed by atoms with van der Waals surface area (Å²) in [5.74, 6) is 0. The molecule has 0 bridgehead atoms. The molecule has 0 aliphatic heterocycles. The molecule has 4 nitrogen and oxygen atoms in total. The maximum Gasteiger partial charge on any atom is 0.0577 e. The van der Waals surface area contributed by atoms with Crippen LogP contribution in [0.5, 0.6) is 0 Å². The molecule has 0 spiro atoms. The van der Waals surface area contributed by atoms with Gasteiger partial charge < -0.3 is 5.32 Å². The first kappa shape index (κ1) is 14.2. The quantitative estimate of drug-likeness (QED) is 0.889. The smallest absolute Gasteiger partial charge is 0.0577 e. The van der Waals surface area contributed by atoms with E-state index < -0.39 is 0 Å². The van der Waals surface area contributed by atoms with Gasteiger partial charge in [-0.05, 0) is 53.5 Å². The monoisotopic (exact) mass is 322 g/mol. The molecule has 0 fully saturated rings. The van der Waals surface area contributed by atoms with Gasteiger partial charge in [-0.2, -0.15) is 5.10 Å². The molecule has 1 unspecified atom stereocenters. The van der Waals surface area contributed by atoms with Crippen LogP contribution in [0.3, 0.4) is 0 Å². The summed E-state index contributed by atoms with van der Waals surface area (Å²) in [6.45, 7) is 6.03. The molecule has 0 aromatic carbocycles. The number of halogens is 1. The number of pyridine rings is 1. The summed E-state index contributed by atoms with van der Waals surface area (Å²) < 4.78 is 2.96. The number of hydrogen-bond donors (Lipinski definition) is 1. The molecule has 0 aliphatic carbocycles. The molecular formula is C14H19BrN4. The standard InChI is InChI=1S/C14H19BrN4/c1-3-16-14(13-6-5-12(15)9-17-13)7-11-8-18-19(4-2)10-11/h5-6,8-10,14,16H,3-4,7H2,1-2H3. The minimum atomic E-state index is 0.229. The van der Waals surface area contributed by atoms with Crippen LogP contribution in [0.4, 0.5) is 0 Å². The Morgan fingerprint density at radius 2 is 2.16 bits per heavy atom. The summed E-state index contributed by atoms with van der Waals surface area (Å²) in [4.78, 5) is 4.48. The number of hydrogen-bond acceptors (Lipinski definition) is 3. The van der Waals surface area contributed by atoms with Gasteiger partial charge in [-0.3, -0.25) is 9.67 Å². The number of nitrogens with one attached hydrogen (secondary N) is 1. The van der Waals surface area contributed by atoms with Crippen molar-refractivity contribution in [2.75, 3.05) is 6.54 Å². The van der Waals surface area contributed by atoms with E-state index in [1.54, 1.807) is 0 Å². The molecule has 102 valence electrons. The average molecular weight is 323 g/mol. The van der Waals surface area contributed by atoms with E-state index in [-0.39, 0.29) is 6.04 Å². The molecule has 2 aromatic rings. The maximum absolute atomic E-state index is 4.48. The van der Waals surface area contributed by atoms with E-state index in [2.05, 4.69) is 57.4 Å². The molecule has 0 saturated heterocycles. The summed E-state index contributed by atoms with van der Waals surface area (Å²) in [6, 6.07) is 4.32. The Morgan fingerprint density at radius 1 is 1.32 bits per heavy atom. The lowest BCUT2D eigenvalue weighted by molar-refractivity contribution is 0.536. The normalized spacial score (nSPS) is 12.6. The van der Waals surface area contributed by atoms with Gasteiger partial charge in [0.1, 0.15) is 0 Å². The summed E-state index contributed by atoms with van der Waals surface area (Å²) in [6.07, 6.45) is 6.79. The summed E-state index contributed by atoms with van der Waals surface area (Å²) >= 11 is 3.42. The number of aromatic nitrogens is 3. The highest BCUT2D eigenvalue weighted by Gasteiger charge is 2.13. The van der Waals surface area contributed by atoms with Gasteiger partial charge in [-0.1, -0.05) is 6.92 Å². The summed E-state index contributed by atoms with van der Waals surface area (Å²) in [5.41, 5.74) is 2.30. The molecule has 1 N–H and O–H groups in total. The van der Waals surface area contributed by atoms with Gasteiger partial charge in [-0.25, -0.2) is 0 Å². The SMILES string of the molecule is CCNC(Cc1cnn(CC)c1)c1ccc(Br)cn1. The highest BCUT2D eigenvalue weighted by molar-refractivity contribution is 9.10. The van der Waals surface area contributed by atoms with Crippen LogP contribution in [0.15, 0.2) is 35.2 Å². The molecular weight excluding hydrogens is 304 g/mol. The third kappa shape index (κ3) is 3.88. The molecule has 2 heterocycles. The zero-order valence-electron chi connectivity index (χ0n) is 11.3. The second kappa shape index (κ2) is 6.82. The van der Waals surface area contributed by atoms with E-state index in [4.69, 9.17) is 0 Å². The Morgan fingerprint density at radius 3 is 2.74 bits per heavy atom. The molecule has 1 atom stereocenters. The van der Waals surface area contributed by atoms with Crippen molar-refractivity contribution in [3.63, 3.8) is 0 Å². The number of aryl methyl sites for hydroxylation is 1. The lowest BCUT2D eigenvalue weighted by Gasteiger charge is -2.16. The van der Waals surface area contributed by atoms with E-state index in [0.29, 0.717) is 0 Å². The van der Waals surface area contributed by atoms with Gasteiger partial charge in [0, 0.05) is 23.4 Å². The number of nitrogens with zero attached hydrogens (tertiary/aromatic N) is 3. The fourth-order valence-electron chi connectivity index (χ4n) is 2.04. The Bertz CT molecular complexity index is 506. The maximum atomic E-state index is 4.48. The highest BCUT2D eigenvalue weighted by Crippen LogP contribution is 2.18. The first-order valence-corrected chi connectivity index (χ1v) is 7.38. The Kier molecular flexibility index (Phi) is 5.10. The Hall–Kier alpha value is -1.20. The van der Waals surface area contributed by atoms with Crippen LogP contribution < -0.4 is 5.32 Å². The van der Waals surface area contributed by atoms with Gasteiger partial charge in [0.15, 0.2) is 0 Å². The van der Waals surface area contributed by atoms with Gasteiger partial charge in [-0.15, -0.1) is 0 Å².